The molecule has 2 aliphatic rings. The summed E-state index contributed by atoms with van der Waals surface area (Å²) in [6.07, 6.45) is 2.94. The van der Waals surface area contributed by atoms with Crippen molar-refractivity contribution < 1.29 is 4.79 Å². The van der Waals surface area contributed by atoms with Crippen molar-refractivity contribution in [2.75, 3.05) is 13.1 Å². The van der Waals surface area contributed by atoms with Gasteiger partial charge in [0.1, 0.15) is 5.82 Å². The first kappa shape index (κ1) is 15.6. The molecule has 0 aromatic carbocycles. The Morgan fingerprint density at radius 2 is 2.29 bits per heavy atom. The molecule has 1 amide bonds. The first-order valence-corrected chi connectivity index (χ1v) is 9.43. The van der Waals surface area contributed by atoms with Crippen LogP contribution in [0.15, 0.2) is 28.4 Å². The second-order valence-electron chi connectivity index (χ2n) is 6.94. The van der Waals surface area contributed by atoms with Crippen molar-refractivity contribution in [2.45, 2.75) is 32.1 Å². The van der Waals surface area contributed by atoms with Crippen LogP contribution in [0.4, 0.5) is 0 Å². The van der Waals surface area contributed by atoms with Crippen LogP contribution in [0.5, 0.6) is 0 Å². The molecule has 0 unspecified atom stereocenters. The third-order valence-corrected chi connectivity index (χ3v) is 5.97. The molecule has 2 fully saturated rings. The highest BCUT2D eigenvalue weighted by molar-refractivity contribution is 7.13. The number of aromatic nitrogens is 2. The van der Waals surface area contributed by atoms with Crippen molar-refractivity contribution in [1.82, 2.24) is 14.9 Å². The maximum absolute atomic E-state index is 12.5. The van der Waals surface area contributed by atoms with Gasteiger partial charge in [0, 0.05) is 31.0 Å². The molecule has 1 aliphatic heterocycles. The van der Waals surface area contributed by atoms with Gasteiger partial charge in [-0.1, -0.05) is 13.0 Å². The summed E-state index contributed by atoms with van der Waals surface area (Å²) in [6, 6.07) is 5.48. The largest absolute Gasteiger partial charge is 0.342 e. The third kappa shape index (κ3) is 3.02. The third-order valence-electron chi connectivity index (χ3n) is 5.08. The van der Waals surface area contributed by atoms with Crippen molar-refractivity contribution in [2.24, 2.45) is 11.8 Å². The van der Waals surface area contributed by atoms with E-state index >= 15 is 0 Å². The van der Waals surface area contributed by atoms with Gasteiger partial charge in [0.2, 0.25) is 5.91 Å². The predicted molar refractivity (Wildman–Crippen MR) is 94.0 cm³/mol. The monoisotopic (exact) mass is 343 g/mol. The molecular weight excluding hydrogens is 322 g/mol. The molecule has 6 heteroatoms. The molecule has 1 saturated carbocycles. The van der Waals surface area contributed by atoms with Gasteiger partial charge >= 0.3 is 0 Å². The smallest absolute Gasteiger partial charge is 0.251 e. The Morgan fingerprint density at radius 3 is 3.00 bits per heavy atom. The van der Waals surface area contributed by atoms with E-state index in [-0.39, 0.29) is 23.3 Å². The SMILES string of the molecule is C[C@@H]1C[C@@H]1C(=O)N1CCC[C@H](c2nc(-c3cccs3)cc(=O)[nH]2)C1. The first-order chi connectivity index (χ1) is 11.6. The van der Waals surface area contributed by atoms with Gasteiger partial charge in [-0.2, -0.15) is 0 Å². The lowest BCUT2D eigenvalue weighted by atomic mass is 9.96. The summed E-state index contributed by atoms with van der Waals surface area (Å²) in [5.41, 5.74) is 0.602. The van der Waals surface area contributed by atoms with Crippen LogP contribution < -0.4 is 5.56 Å². The number of carbonyl (C=O) groups excluding carboxylic acids is 1. The summed E-state index contributed by atoms with van der Waals surface area (Å²) in [5, 5.41) is 1.98. The van der Waals surface area contributed by atoms with Crippen LogP contribution in [0.2, 0.25) is 0 Å². The van der Waals surface area contributed by atoms with Crippen LogP contribution in [-0.4, -0.2) is 33.9 Å². The Hall–Kier alpha value is -1.95. The van der Waals surface area contributed by atoms with E-state index in [0.29, 0.717) is 18.3 Å². The zero-order chi connectivity index (χ0) is 16.7. The minimum Gasteiger partial charge on any atom is -0.342 e. The van der Waals surface area contributed by atoms with E-state index in [1.807, 2.05) is 22.4 Å². The molecular formula is C18H21N3O2S. The summed E-state index contributed by atoms with van der Waals surface area (Å²) in [6.45, 7) is 3.62. The fourth-order valence-electron chi connectivity index (χ4n) is 3.52. The van der Waals surface area contributed by atoms with Crippen LogP contribution in [0.3, 0.4) is 0 Å². The number of nitrogens with zero attached hydrogens (tertiary/aromatic N) is 2. The zero-order valence-electron chi connectivity index (χ0n) is 13.7. The van der Waals surface area contributed by atoms with Crippen LogP contribution >= 0.6 is 11.3 Å². The van der Waals surface area contributed by atoms with Gasteiger partial charge in [0.25, 0.3) is 5.56 Å². The summed E-state index contributed by atoms with van der Waals surface area (Å²) < 4.78 is 0. The number of hydrogen-bond acceptors (Lipinski definition) is 4. The van der Waals surface area contributed by atoms with Gasteiger partial charge in [-0.05, 0) is 36.6 Å². The molecule has 3 atom stereocenters. The van der Waals surface area contributed by atoms with E-state index < -0.39 is 0 Å². The molecule has 1 aliphatic carbocycles. The number of nitrogens with one attached hydrogen (secondary N) is 1. The molecule has 3 heterocycles. The molecule has 126 valence electrons. The van der Waals surface area contributed by atoms with Crippen molar-refractivity contribution in [1.29, 1.82) is 0 Å². The van der Waals surface area contributed by atoms with Crippen LogP contribution in [-0.2, 0) is 4.79 Å². The van der Waals surface area contributed by atoms with Crippen molar-refractivity contribution in [3.8, 4) is 10.6 Å². The highest BCUT2D eigenvalue weighted by Gasteiger charge is 2.42. The molecule has 1 saturated heterocycles. The predicted octanol–water partition coefficient (Wildman–Crippen LogP) is 2.86. The fourth-order valence-corrected chi connectivity index (χ4v) is 4.21. The van der Waals surface area contributed by atoms with Gasteiger partial charge in [-0.3, -0.25) is 9.59 Å². The molecule has 2 aromatic heterocycles. The number of amides is 1. The average molecular weight is 343 g/mol. The second-order valence-corrected chi connectivity index (χ2v) is 7.88. The van der Waals surface area contributed by atoms with E-state index in [2.05, 4.69) is 16.9 Å². The highest BCUT2D eigenvalue weighted by Crippen LogP contribution is 2.40. The lowest BCUT2D eigenvalue weighted by molar-refractivity contribution is -0.134. The Kier molecular flexibility index (Phi) is 4.00. The molecule has 0 bridgehead atoms. The minimum absolute atomic E-state index is 0.115. The summed E-state index contributed by atoms with van der Waals surface area (Å²) in [7, 11) is 0. The molecule has 0 radical (unpaired) electrons. The average Bonchev–Trinajstić information content (AvgIpc) is 3.09. The van der Waals surface area contributed by atoms with E-state index in [0.717, 1.165) is 36.4 Å². The Bertz CT molecular complexity index is 799. The lowest BCUT2D eigenvalue weighted by Crippen LogP contribution is -2.40. The van der Waals surface area contributed by atoms with Gasteiger partial charge in [0.05, 0.1) is 10.6 Å². The number of hydrogen-bond donors (Lipinski definition) is 1. The Labute approximate surface area is 144 Å². The fraction of sp³-hybridized carbons (Fsp3) is 0.500. The normalized spacial score (nSPS) is 26.4. The van der Waals surface area contributed by atoms with Crippen LogP contribution in [0, 0.1) is 11.8 Å². The lowest BCUT2D eigenvalue weighted by Gasteiger charge is -2.32. The number of likely N-dealkylation sites (tertiary alicyclic amines) is 1. The molecule has 0 spiro atoms. The van der Waals surface area contributed by atoms with E-state index in [4.69, 9.17) is 0 Å². The molecule has 1 N–H and O–H groups in total. The molecule has 24 heavy (non-hydrogen) atoms. The standard InChI is InChI=1S/C18H21N3O2S/c1-11-8-13(11)18(23)21-6-2-4-12(10-21)17-19-14(9-16(22)20-17)15-5-3-7-24-15/h3,5,7,9,11-13H,2,4,6,8,10H2,1H3,(H,19,20,22)/t11-,12+,13+/m1/s1. The van der Waals surface area contributed by atoms with Gasteiger partial charge < -0.3 is 9.88 Å². The van der Waals surface area contributed by atoms with Crippen molar-refractivity contribution in [3.63, 3.8) is 0 Å². The van der Waals surface area contributed by atoms with Crippen LogP contribution in [0.1, 0.15) is 37.9 Å². The van der Waals surface area contributed by atoms with Crippen molar-refractivity contribution >= 4 is 17.2 Å². The van der Waals surface area contributed by atoms with Crippen LogP contribution in [0.25, 0.3) is 10.6 Å². The maximum Gasteiger partial charge on any atom is 0.251 e. The van der Waals surface area contributed by atoms with E-state index in [1.54, 1.807) is 17.4 Å². The number of aromatic amines is 1. The topological polar surface area (TPSA) is 66.1 Å². The Balaban J connectivity index is 1.57. The van der Waals surface area contributed by atoms with Gasteiger partial charge in [-0.25, -0.2) is 4.98 Å². The summed E-state index contributed by atoms with van der Waals surface area (Å²) in [5.74, 6) is 1.85. The number of H-pyrrole nitrogens is 1. The molecule has 5 nitrogen and oxygen atoms in total. The van der Waals surface area contributed by atoms with E-state index in [9.17, 15) is 9.59 Å². The molecule has 2 aromatic rings. The quantitative estimate of drug-likeness (QED) is 0.932. The summed E-state index contributed by atoms with van der Waals surface area (Å²) >= 11 is 1.58. The number of piperidine rings is 1. The minimum atomic E-state index is -0.123. The highest BCUT2D eigenvalue weighted by atomic mass is 32.1. The second kappa shape index (κ2) is 6.16. The Morgan fingerprint density at radius 1 is 1.46 bits per heavy atom. The first-order valence-electron chi connectivity index (χ1n) is 8.56. The van der Waals surface area contributed by atoms with Gasteiger partial charge in [0.15, 0.2) is 0 Å². The molecule has 4 rings (SSSR count). The number of rotatable bonds is 3. The maximum atomic E-state index is 12.5. The van der Waals surface area contributed by atoms with Crippen molar-refractivity contribution in [3.05, 3.63) is 39.8 Å². The number of carbonyl (C=O) groups is 1. The van der Waals surface area contributed by atoms with E-state index in [1.165, 1.54) is 0 Å². The number of thiophene rings is 1. The summed E-state index contributed by atoms with van der Waals surface area (Å²) in [4.78, 5) is 35.1. The zero-order valence-corrected chi connectivity index (χ0v) is 14.5. The van der Waals surface area contributed by atoms with Gasteiger partial charge in [-0.15, -0.1) is 11.3 Å².